The molecule has 0 bridgehead atoms. The second-order valence-electron chi connectivity index (χ2n) is 5.74. The molecule has 0 aromatic heterocycles. The number of rotatable bonds is 4. The maximum Gasteiger partial charge on any atom is 0.123 e. The number of hydrogen-bond donors (Lipinski definition) is 1. The smallest absolute Gasteiger partial charge is 0.123 e. The Morgan fingerprint density at radius 1 is 1.32 bits per heavy atom. The van der Waals surface area contributed by atoms with Gasteiger partial charge in [-0.1, -0.05) is 19.8 Å². The maximum absolute atomic E-state index is 13.4. The Bertz CT molecular complexity index is 419. The molecule has 3 heteroatoms. The predicted octanol–water partition coefficient (Wildman–Crippen LogP) is 3.56. The predicted molar refractivity (Wildman–Crippen MR) is 79.0 cm³/mol. The van der Waals surface area contributed by atoms with E-state index in [9.17, 15) is 4.39 Å². The van der Waals surface area contributed by atoms with Crippen molar-refractivity contribution in [3.8, 4) is 0 Å². The van der Waals surface area contributed by atoms with Crippen molar-refractivity contribution in [2.75, 3.05) is 19.0 Å². The van der Waals surface area contributed by atoms with Crippen LogP contribution >= 0.6 is 0 Å². The highest BCUT2D eigenvalue weighted by Crippen LogP contribution is 2.32. The summed E-state index contributed by atoms with van der Waals surface area (Å²) in [4.78, 5) is 2.36. The Morgan fingerprint density at radius 3 is 2.74 bits per heavy atom. The number of hydrogen-bond acceptors (Lipinski definition) is 2. The fraction of sp³-hybridized carbons (Fsp3) is 0.625. The largest absolute Gasteiger partial charge is 0.371 e. The van der Waals surface area contributed by atoms with Gasteiger partial charge in [-0.05, 0) is 49.6 Å². The van der Waals surface area contributed by atoms with Crippen molar-refractivity contribution in [3.63, 3.8) is 0 Å². The molecular weight excluding hydrogens is 239 g/mol. The Morgan fingerprint density at radius 2 is 2.05 bits per heavy atom. The Balaban J connectivity index is 2.24. The highest BCUT2D eigenvalue weighted by Gasteiger charge is 2.26. The monoisotopic (exact) mass is 264 g/mol. The number of nitrogens with one attached hydrogen (secondary N) is 1. The van der Waals surface area contributed by atoms with Gasteiger partial charge < -0.3 is 10.2 Å². The first-order chi connectivity index (χ1) is 9.13. The van der Waals surface area contributed by atoms with Crippen LogP contribution in [0.5, 0.6) is 0 Å². The molecule has 0 spiro atoms. The molecule has 0 heterocycles. The van der Waals surface area contributed by atoms with E-state index in [2.05, 4.69) is 24.2 Å². The van der Waals surface area contributed by atoms with Crippen LogP contribution in [-0.4, -0.2) is 20.1 Å². The summed E-state index contributed by atoms with van der Waals surface area (Å²) >= 11 is 0. The SMILES string of the molecule is CNCc1cc(F)ccc1N(C)C1CCCCC1C. The van der Waals surface area contributed by atoms with Crippen LogP contribution in [0.2, 0.25) is 0 Å². The summed E-state index contributed by atoms with van der Waals surface area (Å²) in [7, 11) is 4.05. The molecule has 1 aromatic carbocycles. The van der Waals surface area contributed by atoms with Crippen LogP contribution in [0.1, 0.15) is 38.2 Å². The first-order valence-electron chi connectivity index (χ1n) is 7.29. The normalized spacial score (nSPS) is 23.4. The first-order valence-corrected chi connectivity index (χ1v) is 7.29. The van der Waals surface area contributed by atoms with E-state index in [-0.39, 0.29) is 5.82 Å². The fourth-order valence-electron chi connectivity index (χ4n) is 3.28. The molecular formula is C16H25FN2. The number of nitrogens with zero attached hydrogens (tertiary/aromatic N) is 1. The molecule has 2 unspecified atom stereocenters. The lowest BCUT2D eigenvalue weighted by Crippen LogP contribution is -2.39. The van der Waals surface area contributed by atoms with Crippen LogP contribution in [-0.2, 0) is 6.54 Å². The van der Waals surface area contributed by atoms with E-state index in [0.29, 0.717) is 18.5 Å². The van der Waals surface area contributed by atoms with Crippen LogP contribution in [0.3, 0.4) is 0 Å². The van der Waals surface area contributed by atoms with Gasteiger partial charge in [0.15, 0.2) is 0 Å². The van der Waals surface area contributed by atoms with Crippen LogP contribution in [0.15, 0.2) is 18.2 Å². The zero-order valence-corrected chi connectivity index (χ0v) is 12.2. The van der Waals surface area contributed by atoms with Crippen molar-refractivity contribution in [3.05, 3.63) is 29.6 Å². The van der Waals surface area contributed by atoms with E-state index in [1.165, 1.54) is 25.7 Å². The molecule has 1 aliphatic rings. The molecule has 1 fully saturated rings. The molecule has 0 amide bonds. The summed E-state index contributed by atoms with van der Waals surface area (Å²) in [5.41, 5.74) is 2.21. The summed E-state index contributed by atoms with van der Waals surface area (Å²) in [6.45, 7) is 3.04. The number of halogens is 1. The van der Waals surface area contributed by atoms with E-state index in [4.69, 9.17) is 0 Å². The van der Waals surface area contributed by atoms with Crippen molar-refractivity contribution in [2.24, 2.45) is 5.92 Å². The van der Waals surface area contributed by atoms with Gasteiger partial charge in [0.1, 0.15) is 5.82 Å². The highest BCUT2D eigenvalue weighted by molar-refractivity contribution is 5.54. The topological polar surface area (TPSA) is 15.3 Å². The molecule has 2 atom stereocenters. The number of benzene rings is 1. The van der Waals surface area contributed by atoms with Gasteiger partial charge in [-0.25, -0.2) is 4.39 Å². The van der Waals surface area contributed by atoms with Gasteiger partial charge >= 0.3 is 0 Å². The average Bonchev–Trinajstić information content (AvgIpc) is 2.39. The van der Waals surface area contributed by atoms with Crippen LogP contribution < -0.4 is 10.2 Å². The summed E-state index contributed by atoms with van der Waals surface area (Å²) in [5.74, 6) is 0.560. The molecule has 1 aliphatic carbocycles. The second kappa shape index (κ2) is 6.38. The minimum atomic E-state index is -0.154. The van der Waals surface area contributed by atoms with Gasteiger partial charge in [0.05, 0.1) is 0 Å². The van der Waals surface area contributed by atoms with Crippen LogP contribution in [0, 0.1) is 11.7 Å². The Hall–Kier alpha value is -1.09. The van der Waals surface area contributed by atoms with E-state index < -0.39 is 0 Å². The van der Waals surface area contributed by atoms with Crippen molar-refractivity contribution in [1.29, 1.82) is 0 Å². The third-order valence-corrected chi connectivity index (χ3v) is 4.35. The lowest BCUT2D eigenvalue weighted by atomic mass is 9.84. The minimum Gasteiger partial charge on any atom is -0.371 e. The van der Waals surface area contributed by atoms with Gasteiger partial charge in [-0.3, -0.25) is 0 Å². The standard InChI is InChI=1S/C16H25FN2/c1-12-6-4-5-7-15(12)19(3)16-9-8-14(17)10-13(16)11-18-2/h8-10,12,15,18H,4-7,11H2,1-3H3. The van der Waals surface area contributed by atoms with E-state index >= 15 is 0 Å². The molecule has 1 aromatic rings. The van der Waals surface area contributed by atoms with Gasteiger partial charge in [-0.15, -0.1) is 0 Å². The van der Waals surface area contributed by atoms with E-state index in [0.717, 1.165) is 11.3 Å². The quantitative estimate of drug-likeness (QED) is 0.894. The molecule has 19 heavy (non-hydrogen) atoms. The third-order valence-electron chi connectivity index (χ3n) is 4.35. The molecule has 0 aliphatic heterocycles. The van der Waals surface area contributed by atoms with Crippen molar-refractivity contribution in [2.45, 2.75) is 45.2 Å². The molecule has 2 rings (SSSR count). The van der Waals surface area contributed by atoms with Crippen LogP contribution in [0.4, 0.5) is 10.1 Å². The van der Waals surface area contributed by atoms with Gasteiger partial charge in [0, 0.05) is 25.3 Å². The maximum atomic E-state index is 13.4. The van der Waals surface area contributed by atoms with Crippen molar-refractivity contribution in [1.82, 2.24) is 5.32 Å². The molecule has 0 saturated heterocycles. The second-order valence-corrected chi connectivity index (χ2v) is 5.74. The lowest BCUT2D eigenvalue weighted by Gasteiger charge is -2.38. The summed E-state index contributed by atoms with van der Waals surface area (Å²) < 4.78 is 13.4. The van der Waals surface area contributed by atoms with Gasteiger partial charge in [0.25, 0.3) is 0 Å². The fourth-order valence-corrected chi connectivity index (χ4v) is 3.28. The Kier molecular flexibility index (Phi) is 4.81. The Labute approximate surface area is 116 Å². The molecule has 2 nitrogen and oxygen atoms in total. The minimum absolute atomic E-state index is 0.154. The van der Waals surface area contributed by atoms with Crippen molar-refractivity contribution < 1.29 is 4.39 Å². The van der Waals surface area contributed by atoms with Gasteiger partial charge in [0.2, 0.25) is 0 Å². The first kappa shape index (κ1) is 14.3. The molecule has 1 saturated carbocycles. The van der Waals surface area contributed by atoms with Crippen LogP contribution in [0.25, 0.3) is 0 Å². The van der Waals surface area contributed by atoms with Gasteiger partial charge in [-0.2, -0.15) is 0 Å². The highest BCUT2D eigenvalue weighted by atomic mass is 19.1. The van der Waals surface area contributed by atoms with E-state index in [1.807, 2.05) is 13.1 Å². The molecule has 106 valence electrons. The zero-order chi connectivity index (χ0) is 13.8. The number of anilines is 1. The zero-order valence-electron chi connectivity index (χ0n) is 12.2. The van der Waals surface area contributed by atoms with E-state index in [1.54, 1.807) is 12.1 Å². The van der Waals surface area contributed by atoms with Crippen molar-refractivity contribution >= 4 is 5.69 Å². The summed E-state index contributed by atoms with van der Waals surface area (Å²) in [6.07, 6.45) is 5.20. The third kappa shape index (κ3) is 3.27. The average molecular weight is 264 g/mol. The summed E-state index contributed by atoms with van der Waals surface area (Å²) in [6, 6.07) is 5.72. The molecule has 0 radical (unpaired) electrons. The molecule has 1 N–H and O–H groups in total. The lowest BCUT2D eigenvalue weighted by molar-refractivity contribution is 0.321. The summed E-state index contributed by atoms with van der Waals surface area (Å²) in [5, 5.41) is 3.13.